The van der Waals surface area contributed by atoms with Gasteiger partial charge in [0.25, 0.3) is 0 Å². The van der Waals surface area contributed by atoms with Crippen molar-refractivity contribution in [2.45, 2.75) is 44.9 Å². The summed E-state index contributed by atoms with van der Waals surface area (Å²) in [6, 6.07) is -2.95. The Morgan fingerprint density at radius 1 is 1.10 bits per heavy atom. The maximum absolute atomic E-state index is 12.0. The molecule has 0 aromatic rings. The van der Waals surface area contributed by atoms with Gasteiger partial charge in [-0.2, -0.15) is 0 Å². The van der Waals surface area contributed by atoms with Crippen molar-refractivity contribution in [3.05, 3.63) is 0 Å². The molecular weight excluding hydrogens is 266 g/mol. The number of carboxylic acids is 1. The van der Waals surface area contributed by atoms with E-state index >= 15 is 0 Å². The van der Waals surface area contributed by atoms with Crippen molar-refractivity contribution in [3.63, 3.8) is 0 Å². The first-order valence-electron chi connectivity index (χ1n) is 6.59. The lowest BCUT2D eigenvalue weighted by molar-refractivity contribution is -0.141. The Hall–Kier alpha value is -1.83. The molecule has 20 heavy (non-hydrogen) atoms. The van der Waals surface area contributed by atoms with Crippen molar-refractivity contribution >= 4 is 17.9 Å². The number of nitrogens with zero attached hydrogens (tertiary/aromatic N) is 1. The van der Waals surface area contributed by atoms with Gasteiger partial charge in [-0.3, -0.25) is 4.79 Å². The van der Waals surface area contributed by atoms with Crippen molar-refractivity contribution in [3.8, 4) is 0 Å². The van der Waals surface area contributed by atoms with Crippen molar-refractivity contribution in [2.24, 2.45) is 0 Å². The number of carbonyl (C=O) groups is 3. The van der Waals surface area contributed by atoms with Gasteiger partial charge in [-0.15, -0.1) is 0 Å². The summed E-state index contributed by atoms with van der Waals surface area (Å²) >= 11 is 0. The van der Waals surface area contributed by atoms with E-state index in [4.69, 9.17) is 5.11 Å². The fourth-order valence-electron chi connectivity index (χ4n) is 2.04. The van der Waals surface area contributed by atoms with E-state index in [0.717, 1.165) is 12.8 Å². The summed E-state index contributed by atoms with van der Waals surface area (Å²) < 4.78 is 0. The summed E-state index contributed by atoms with van der Waals surface area (Å²) in [6.07, 6.45) is 0.671. The average Bonchev–Trinajstić information content (AvgIpc) is 2.87. The number of hydrogen-bond acceptors (Lipinski definition) is 4. The Balaban J connectivity index is 2.48. The number of hydrogen-bond donors (Lipinski definition) is 4. The van der Waals surface area contributed by atoms with Crippen LogP contribution in [0.25, 0.3) is 0 Å². The third kappa shape index (κ3) is 4.37. The number of aliphatic carboxylic acids is 1. The molecule has 1 fully saturated rings. The molecule has 114 valence electrons. The molecule has 1 rings (SSSR count). The second-order valence-electron chi connectivity index (χ2n) is 4.93. The Morgan fingerprint density at radius 2 is 1.65 bits per heavy atom. The standard InChI is InChI=1S/C12H21N3O5/c1-7(10(17)15-5-3-4-6-15)13-12(20)14-9(8(2)16)11(18)19/h7-9,16H,3-6H2,1-2H3,(H,18,19)(H2,13,14,20). The van der Waals surface area contributed by atoms with E-state index in [-0.39, 0.29) is 5.91 Å². The molecule has 0 aliphatic carbocycles. The predicted octanol–water partition coefficient (Wildman–Crippen LogP) is -0.869. The van der Waals surface area contributed by atoms with Crippen LogP contribution in [0.5, 0.6) is 0 Å². The number of aliphatic hydroxyl groups is 1. The van der Waals surface area contributed by atoms with Crippen LogP contribution in [0.3, 0.4) is 0 Å². The van der Waals surface area contributed by atoms with Gasteiger partial charge in [0.05, 0.1) is 6.10 Å². The van der Waals surface area contributed by atoms with E-state index in [2.05, 4.69) is 10.6 Å². The zero-order valence-corrected chi connectivity index (χ0v) is 11.6. The highest BCUT2D eigenvalue weighted by molar-refractivity contribution is 5.88. The van der Waals surface area contributed by atoms with Crippen LogP contribution in [-0.2, 0) is 9.59 Å². The molecule has 8 heteroatoms. The van der Waals surface area contributed by atoms with Crippen LogP contribution in [0.15, 0.2) is 0 Å². The second-order valence-corrected chi connectivity index (χ2v) is 4.93. The van der Waals surface area contributed by atoms with E-state index in [1.807, 2.05) is 0 Å². The molecule has 1 aliphatic heterocycles. The normalized spacial score (nSPS) is 19.1. The lowest BCUT2D eigenvalue weighted by Crippen LogP contribution is -2.55. The third-order valence-corrected chi connectivity index (χ3v) is 3.17. The van der Waals surface area contributed by atoms with Crippen molar-refractivity contribution in [1.82, 2.24) is 15.5 Å². The minimum Gasteiger partial charge on any atom is -0.480 e. The summed E-state index contributed by atoms with van der Waals surface area (Å²) in [7, 11) is 0. The van der Waals surface area contributed by atoms with Crippen LogP contribution in [-0.4, -0.2) is 64.3 Å². The Kier molecular flexibility index (Phi) is 5.75. The summed E-state index contributed by atoms with van der Waals surface area (Å²) in [5, 5.41) is 22.6. The summed E-state index contributed by atoms with van der Waals surface area (Å²) in [4.78, 5) is 36.1. The van der Waals surface area contributed by atoms with Crippen LogP contribution in [0, 0.1) is 0 Å². The fourth-order valence-corrected chi connectivity index (χ4v) is 2.04. The van der Waals surface area contributed by atoms with Crippen LogP contribution in [0.2, 0.25) is 0 Å². The number of rotatable bonds is 5. The molecule has 3 unspecified atom stereocenters. The molecule has 1 aliphatic rings. The summed E-state index contributed by atoms with van der Waals surface area (Å²) in [5.41, 5.74) is 0. The molecule has 3 amide bonds. The van der Waals surface area contributed by atoms with Crippen LogP contribution < -0.4 is 10.6 Å². The zero-order chi connectivity index (χ0) is 15.3. The summed E-state index contributed by atoms with van der Waals surface area (Å²) in [6.45, 7) is 4.16. The molecule has 4 N–H and O–H groups in total. The topological polar surface area (TPSA) is 119 Å². The monoisotopic (exact) mass is 287 g/mol. The maximum Gasteiger partial charge on any atom is 0.328 e. The number of urea groups is 1. The highest BCUT2D eigenvalue weighted by atomic mass is 16.4. The minimum absolute atomic E-state index is 0.193. The smallest absolute Gasteiger partial charge is 0.328 e. The van der Waals surface area contributed by atoms with E-state index in [1.165, 1.54) is 6.92 Å². The second kappa shape index (κ2) is 7.09. The molecule has 0 radical (unpaired) electrons. The Labute approximate surface area is 117 Å². The van der Waals surface area contributed by atoms with Crippen molar-refractivity contribution in [2.75, 3.05) is 13.1 Å². The van der Waals surface area contributed by atoms with Gasteiger partial charge >= 0.3 is 12.0 Å². The van der Waals surface area contributed by atoms with Gasteiger partial charge in [0.1, 0.15) is 6.04 Å². The van der Waals surface area contributed by atoms with Crippen LogP contribution >= 0.6 is 0 Å². The molecule has 0 bridgehead atoms. The van der Waals surface area contributed by atoms with E-state index in [1.54, 1.807) is 11.8 Å². The molecule has 1 saturated heterocycles. The van der Waals surface area contributed by atoms with Gasteiger partial charge in [-0.25, -0.2) is 9.59 Å². The van der Waals surface area contributed by atoms with Crippen molar-refractivity contribution < 1.29 is 24.6 Å². The lowest BCUT2D eigenvalue weighted by atomic mass is 10.2. The number of likely N-dealkylation sites (tertiary alicyclic amines) is 1. The zero-order valence-electron chi connectivity index (χ0n) is 11.6. The highest BCUT2D eigenvalue weighted by Gasteiger charge is 2.28. The van der Waals surface area contributed by atoms with E-state index < -0.39 is 30.2 Å². The Bertz CT molecular complexity index is 379. The van der Waals surface area contributed by atoms with E-state index in [9.17, 15) is 19.5 Å². The highest BCUT2D eigenvalue weighted by Crippen LogP contribution is 2.08. The van der Waals surface area contributed by atoms with Crippen LogP contribution in [0.1, 0.15) is 26.7 Å². The van der Waals surface area contributed by atoms with Gasteiger partial charge < -0.3 is 25.7 Å². The predicted molar refractivity (Wildman–Crippen MR) is 70.0 cm³/mol. The SMILES string of the molecule is CC(NC(=O)NC(C(=O)O)C(C)O)C(=O)N1CCCC1. The van der Waals surface area contributed by atoms with Gasteiger partial charge in [0.15, 0.2) is 6.04 Å². The van der Waals surface area contributed by atoms with E-state index in [0.29, 0.717) is 13.1 Å². The average molecular weight is 287 g/mol. The van der Waals surface area contributed by atoms with Gasteiger partial charge in [0.2, 0.25) is 5.91 Å². The number of carboxylic acid groups (broad SMARTS) is 1. The largest absolute Gasteiger partial charge is 0.480 e. The maximum atomic E-state index is 12.0. The molecule has 0 aromatic heterocycles. The molecule has 3 atom stereocenters. The van der Waals surface area contributed by atoms with Crippen LogP contribution in [0.4, 0.5) is 4.79 Å². The number of carbonyl (C=O) groups excluding carboxylic acids is 2. The van der Waals surface area contributed by atoms with Gasteiger partial charge in [-0.1, -0.05) is 0 Å². The quantitative estimate of drug-likeness (QED) is 0.524. The molecule has 0 saturated carbocycles. The first-order chi connectivity index (χ1) is 9.32. The lowest BCUT2D eigenvalue weighted by Gasteiger charge is -2.23. The summed E-state index contributed by atoms with van der Waals surface area (Å²) in [5.74, 6) is -1.53. The molecule has 0 spiro atoms. The van der Waals surface area contributed by atoms with Gasteiger partial charge in [-0.05, 0) is 26.7 Å². The molecule has 1 heterocycles. The molecule has 8 nitrogen and oxygen atoms in total. The third-order valence-electron chi connectivity index (χ3n) is 3.17. The number of nitrogens with one attached hydrogen (secondary N) is 2. The number of amides is 3. The first-order valence-corrected chi connectivity index (χ1v) is 6.59. The molecular formula is C12H21N3O5. The number of aliphatic hydroxyl groups excluding tert-OH is 1. The van der Waals surface area contributed by atoms with Crippen molar-refractivity contribution in [1.29, 1.82) is 0 Å². The minimum atomic E-state index is -1.41. The fraction of sp³-hybridized carbons (Fsp3) is 0.750. The Morgan fingerprint density at radius 3 is 2.10 bits per heavy atom. The van der Waals surface area contributed by atoms with Gasteiger partial charge in [0, 0.05) is 13.1 Å². The molecule has 0 aromatic carbocycles. The first kappa shape index (κ1) is 16.2.